The van der Waals surface area contributed by atoms with E-state index >= 15 is 0 Å². The third kappa shape index (κ3) is 1.89. The molecular weight excluding hydrogens is 178 g/mol. The molecule has 3 aliphatic rings. The lowest BCUT2D eigenvalue weighted by atomic mass is 10.1. The molecule has 0 aromatic rings. The molecule has 0 radical (unpaired) electrons. The van der Waals surface area contributed by atoms with Crippen LogP contribution in [0.4, 0.5) is 0 Å². The van der Waals surface area contributed by atoms with Crippen LogP contribution in [0.5, 0.6) is 0 Å². The first-order valence-corrected chi connectivity index (χ1v) is 6.91. The molecule has 1 saturated heterocycles. The van der Waals surface area contributed by atoms with Crippen LogP contribution in [0.15, 0.2) is 0 Å². The normalized spacial score (nSPS) is 48.9. The zero-order valence-corrected chi connectivity index (χ0v) is 8.98. The van der Waals surface area contributed by atoms with Crippen LogP contribution >= 0.6 is 11.8 Å². The summed E-state index contributed by atoms with van der Waals surface area (Å²) in [5.41, 5.74) is 0. The zero-order chi connectivity index (χ0) is 8.67. The van der Waals surface area contributed by atoms with Gasteiger partial charge in [-0.25, -0.2) is 0 Å². The smallest absolute Gasteiger partial charge is 0.0161 e. The maximum Gasteiger partial charge on any atom is 0.0161 e. The third-order valence-electron chi connectivity index (χ3n) is 3.88. The van der Waals surface area contributed by atoms with Crippen molar-refractivity contribution in [3.05, 3.63) is 0 Å². The van der Waals surface area contributed by atoms with Gasteiger partial charge in [-0.15, -0.1) is 0 Å². The number of rotatable bonds is 2. The fourth-order valence-electron chi connectivity index (χ4n) is 3.06. The molecule has 13 heavy (non-hydrogen) atoms. The molecule has 0 amide bonds. The predicted molar refractivity (Wildman–Crippen MR) is 58.1 cm³/mol. The highest BCUT2D eigenvalue weighted by Gasteiger charge is 2.45. The van der Waals surface area contributed by atoms with Crippen LogP contribution in [0.25, 0.3) is 0 Å². The first-order valence-electron chi connectivity index (χ1n) is 5.75. The van der Waals surface area contributed by atoms with E-state index in [-0.39, 0.29) is 0 Å². The number of fused-ring (bicyclic) bond motifs is 1. The molecule has 1 nitrogen and oxygen atoms in total. The zero-order valence-electron chi connectivity index (χ0n) is 8.17. The average molecular weight is 197 g/mol. The number of hydrogen-bond donors (Lipinski definition) is 1. The Hall–Kier alpha value is 0.310. The molecule has 3 rings (SSSR count). The van der Waals surface area contributed by atoms with Crippen molar-refractivity contribution in [2.24, 2.45) is 11.8 Å². The van der Waals surface area contributed by atoms with Crippen molar-refractivity contribution in [3.8, 4) is 0 Å². The molecule has 0 aromatic heterocycles. The van der Waals surface area contributed by atoms with E-state index in [9.17, 15) is 0 Å². The molecule has 2 aliphatic carbocycles. The highest BCUT2D eigenvalue weighted by Crippen LogP contribution is 2.51. The molecule has 1 aliphatic heterocycles. The Bertz CT molecular complexity index is 179. The van der Waals surface area contributed by atoms with Gasteiger partial charge in [-0.1, -0.05) is 0 Å². The Morgan fingerprint density at radius 1 is 1.00 bits per heavy atom. The van der Waals surface area contributed by atoms with Crippen molar-refractivity contribution in [2.75, 3.05) is 11.5 Å². The Balaban J connectivity index is 1.46. The van der Waals surface area contributed by atoms with E-state index in [4.69, 9.17) is 0 Å². The highest BCUT2D eigenvalue weighted by atomic mass is 32.2. The van der Waals surface area contributed by atoms with Crippen LogP contribution in [0.2, 0.25) is 0 Å². The van der Waals surface area contributed by atoms with Gasteiger partial charge in [0.05, 0.1) is 0 Å². The second kappa shape index (κ2) is 3.47. The van der Waals surface area contributed by atoms with Gasteiger partial charge < -0.3 is 5.32 Å². The number of hydrogen-bond acceptors (Lipinski definition) is 2. The number of thioether (sulfide) groups is 1. The van der Waals surface area contributed by atoms with Crippen molar-refractivity contribution in [1.29, 1.82) is 0 Å². The Kier molecular flexibility index (Phi) is 2.30. The minimum atomic E-state index is 0.848. The molecule has 0 bridgehead atoms. The van der Waals surface area contributed by atoms with Crippen molar-refractivity contribution in [2.45, 2.75) is 44.2 Å². The summed E-state index contributed by atoms with van der Waals surface area (Å²) in [4.78, 5) is 0. The van der Waals surface area contributed by atoms with Crippen molar-refractivity contribution in [3.63, 3.8) is 0 Å². The summed E-state index contributed by atoms with van der Waals surface area (Å²) in [7, 11) is 0. The summed E-state index contributed by atoms with van der Waals surface area (Å²) in [6, 6.07) is 1.74. The topological polar surface area (TPSA) is 12.0 Å². The predicted octanol–water partition coefficient (Wildman–Crippen LogP) is 2.27. The summed E-state index contributed by atoms with van der Waals surface area (Å²) in [5.74, 6) is 5.03. The number of nitrogens with one attached hydrogen (secondary N) is 1. The molecule has 3 fully saturated rings. The van der Waals surface area contributed by atoms with Crippen molar-refractivity contribution in [1.82, 2.24) is 5.32 Å². The second-order valence-electron chi connectivity index (χ2n) is 5.00. The van der Waals surface area contributed by atoms with Gasteiger partial charge in [-0.3, -0.25) is 0 Å². The highest BCUT2D eigenvalue weighted by molar-refractivity contribution is 7.99. The maximum absolute atomic E-state index is 3.86. The van der Waals surface area contributed by atoms with Gasteiger partial charge in [0.15, 0.2) is 0 Å². The summed E-state index contributed by atoms with van der Waals surface area (Å²) in [6.07, 6.45) is 7.40. The van der Waals surface area contributed by atoms with E-state index in [0.717, 1.165) is 23.9 Å². The summed E-state index contributed by atoms with van der Waals surface area (Å²) in [6.45, 7) is 0. The SMILES string of the molecule is C1CSCC(NC2CC3CC3C2)C1. The Morgan fingerprint density at radius 2 is 1.85 bits per heavy atom. The van der Waals surface area contributed by atoms with E-state index < -0.39 is 0 Å². The van der Waals surface area contributed by atoms with E-state index in [0.29, 0.717) is 0 Å². The molecule has 1 heterocycles. The Labute approximate surface area is 85.0 Å². The minimum absolute atomic E-state index is 0.848. The van der Waals surface area contributed by atoms with Gasteiger partial charge in [0.25, 0.3) is 0 Å². The largest absolute Gasteiger partial charge is 0.310 e. The lowest BCUT2D eigenvalue weighted by Crippen LogP contribution is -2.40. The van der Waals surface area contributed by atoms with Gasteiger partial charge >= 0.3 is 0 Å². The molecule has 1 N–H and O–H groups in total. The lowest BCUT2D eigenvalue weighted by Gasteiger charge is -2.26. The lowest BCUT2D eigenvalue weighted by molar-refractivity contribution is 0.406. The molecule has 2 heteroatoms. The van der Waals surface area contributed by atoms with Crippen LogP contribution in [-0.4, -0.2) is 23.6 Å². The van der Waals surface area contributed by atoms with Crippen LogP contribution in [0.3, 0.4) is 0 Å². The van der Waals surface area contributed by atoms with Crippen molar-refractivity contribution < 1.29 is 0 Å². The molecule has 3 unspecified atom stereocenters. The van der Waals surface area contributed by atoms with Crippen LogP contribution in [0, 0.1) is 11.8 Å². The molecule has 0 aromatic carbocycles. The van der Waals surface area contributed by atoms with E-state index in [2.05, 4.69) is 17.1 Å². The van der Waals surface area contributed by atoms with E-state index in [1.807, 2.05) is 0 Å². The second-order valence-corrected chi connectivity index (χ2v) is 6.15. The minimum Gasteiger partial charge on any atom is -0.310 e. The summed E-state index contributed by atoms with van der Waals surface area (Å²) in [5, 5.41) is 3.86. The fraction of sp³-hybridized carbons (Fsp3) is 1.00. The first kappa shape index (κ1) is 8.60. The molecule has 3 atom stereocenters. The first-order chi connectivity index (χ1) is 6.42. The monoisotopic (exact) mass is 197 g/mol. The van der Waals surface area contributed by atoms with E-state index in [1.165, 1.54) is 37.2 Å². The molecule has 2 saturated carbocycles. The van der Waals surface area contributed by atoms with Crippen molar-refractivity contribution >= 4 is 11.8 Å². The van der Waals surface area contributed by atoms with Gasteiger partial charge in [0, 0.05) is 17.8 Å². The average Bonchev–Trinajstić information content (AvgIpc) is 2.76. The van der Waals surface area contributed by atoms with Gasteiger partial charge in [-0.2, -0.15) is 11.8 Å². The van der Waals surface area contributed by atoms with Gasteiger partial charge in [0.1, 0.15) is 0 Å². The van der Waals surface area contributed by atoms with Crippen LogP contribution in [0.1, 0.15) is 32.1 Å². The van der Waals surface area contributed by atoms with Crippen LogP contribution in [-0.2, 0) is 0 Å². The van der Waals surface area contributed by atoms with Gasteiger partial charge in [0.2, 0.25) is 0 Å². The summed E-state index contributed by atoms with van der Waals surface area (Å²) >= 11 is 2.14. The fourth-order valence-corrected chi connectivity index (χ4v) is 4.14. The van der Waals surface area contributed by atoms with E-state index in [1.54, 1.807) is 6.42 Å². The molecular formula is C11H19NS. The standard InChI is InChI=1S/C11H19NS/c1-2-10(7-13-3-1)12-11-5-8-4-9(8)6-11/h8-12H,1-7H2. The third-order valence-corrected chi connectivity index (χ3v) is 5.09. The summed E-state index contributed by atoms with van der Waals surface area (Å²) < 4.78 is 0. The van der Waals surface area contributed by atoms with Crippen LogP contribution < -0.4 is 5.32 Å². The maximum atomic E-state index is 3.86. The Morgan fingerprint density at radius 3 is 2.54 bits per heavy atom. The molecule has 74 valence electrons. The molecule has 0 spiro atoms. The quantitative estimate of drug-likeness (QED) is 0.729. The van der Waals surface area contributed by atoms with Gasteiger partial charge in [-0.05, 0) is 49.7 Å².